The number of piperazine rings is 1. The largest absolute Gasteiger partial charge is 0.494 e. The van der Waals surface area contributed by atoms with E-state index in [0.29, 0.717) is 13.1 Å². The molecule has 1 fully saturated rings. The van der Waals surface area contributed by atoms with Gasteiger partial charge in [-0.1, -0.05) is 13.0 Å². The SMILES string of the molecule is CCN(CC(=O)N1CCN(S(=O)(=O)c2ccc(F)cc2)CC1)Cc1ccc(OC)c(F)c1. The van der Waals surface area contributed by atoms with E-state index >= 15 is 0 Å². The first-order valence-electron chi connectivity index (χ1n) is 10.3. The van der Waals surface area contributed by atoms with Crippen molar-refractivity contribution in [2.24, 2.45) is 0 Å². The van der Waals surface area contributed by atoms with Gasteiger partial charge in [0.25, 0.3) is 0 Å². The number of rotatable bonds is 8. The molecule has 7 nitrogen and oxygen atoms in total. The fraction of sp³-hybridized carbons (Fsp3) is 0.409. The van der Waals surface area contributed by atoms with Gasteiger partial charge in [-0.25, -0.2) is 17.2 Å². The Bertz CT molecular complexity index is 1040. The molecule has 0 N–H and O–H groups in total. The van der Waals surface area contributed by atoms with Crippen LogP contribution in [-0.4, -0.2) is 74.8 Å². The Morgan fingerprint density at radius 1 is 1.06 bits per heavy atom. The van der Waals surface area contributed by atoms with Gasteiger partial charge in [0.1, 0.15) is 5.82 Å². The molecule has 1 heterocycles. The summed E-state index contributed by atoms with van der Waals surface area (Å²) in [4.78, 5) is 16.3. The molecular weight excluding hydrogens is 440 g/mol. The maximum Gasteiger partial charge on any atom is 0.243 e. The third-order valence-corrected chi connectivity index (χ3v) is 7.38. The normalized spacial score (nSPS) is 15.2. The van der Waals surface area contributed by atoms with Crippen molar-refractivity contribution in [3.63, 3.8) is 0 Å². The number of likely N-dealkylation sites (N-methyl/N-ethyl adjacent to an activating group) is 1. The monoisotopic (exact) mass is 467 g/mol. The molecule has 2 aromatic carbocycles. The Morgan fingerprint density at radius 3 is 2.28 bits per heavy atom. The van der Waals surface area contributed by atoms with E-state index in [2.05, 4.69) is 0 Å². The summed E-state index contributed by atoms with van der Waals surface area (Å²) in [5, 5.41) is 0. The molecule has 0 radical (unpaired) electrons. The van der Waals surface area contributed by atoms with E-state index < -0.39 is 21.7 Å². The Kier molecular flexibility index (Phi) is 7.81. The first kappa shape index (κ1) is 24.1. The minimum Gasteiger partial charge on any atom is -0.494 e. The van der Waals surface area contributed by atoms with Gasteiger partial charge in [-0.3, -0.25) is 9.69 Å². The van der Waals surface area contributed by atoms with E-state index in [9.17, 15) is 22.0 Å². The lowest BCUT2D eigenvalue weighted by Gasteiger charge is -2.35. The van der Waals surface area contributed by atoms with Crippen molar-refractivity contribution in [3.8, 4) is 5.75 Å². The molecule has 32 heavy (non-hydrogen) atoms. The average molecular weight is 468 g/mol. The zero-order chi connectivity index (χ0) is 23.3. The van der Waals surface area contributed by atoms with Crippen LogP contribution in [0.3, 0.4) is 0 Å². The summed E-state index contributed by atoms with van der Waals surface area (Å²) in [6.07, 6.45) is 0. The Labute approximate surface area is 187 Å². The van der Waals surface area contributed by atoms with Crippen LogP contribution in [0.1, 0.15) is 12.5 Å². The second kappa shape index (κ2) is 10.4. The van der Waals surface area contributed by atoms with Crippen molar-refractivity contribution in [2.75, 3.05) is 46.4 Å². The summed E-state index contributed by atoms with van der Waals surface area (Å²) in [5.41, 5.74) is 0.730. The molecule has 2 aromatic rings. The quantitative estimate of drug-likeness (QED) is 0.596. The molecule has 1 amide bonds. The molecule has 1 saturated heterocycles. The van der Waals surface area contributed by atoms with Crippen LogP contribution < -0.4 is 4.74 Å². The van der Waals surface area contributed by atoms with Gasteiger partial charge < -0.3 is 9.64 Å². The molecule has 0 bridgehead atoms. The fourth-order valence-corrected chi connectivity index (χ4v) is 4.99. The zero-order valence-corrected chi connectivity index (χ0v) is 18.9. The van der Waals surface area contributed by atoms with Crippen molar-refractivity contribution in [1.29, 1.82) is 0 Å². The van der Waals surface area contributed by atoms with Gasteiger partial charge in [-0.05, 0) is 48.5 Å². The van der Waals surface area contributed by atoms with Crippen LogP contribution in [0.4, 0.5) is 8.78 Å². The first-order chi connectivity index (χ1) is 15.2. The third-order valence-electron chi connectivity index (χ3n) is 5.47. The second-order valence-corrected chi connectivity index (χ2v) is 9.45. The zero-order valence-electron chi connectivity index (χ0n) is 18.1. The number of ether oxygens (including phenoxy) is 1. The number of hydrogen-bond donors (Lipinski definition) is 0. The van der Waals surface area contributed by atoms with Crippen LogP contribution >= 0.6 is 0 Å². The maximum atomic E-state index is 13.9. The summed E-state index contributed by atoms with van der Waals surface area (Å²) in [6.45, 7) is 3.94. The van der Waals surface area contributed by atoms with E-state index in [0.717, 1.165) is 17.7 Å². The molecule has 10 heteroatoms. The smallest absolute Gasteiger partial charge is 0.243 e. The van der Waals surface area contributed by atoms with Gasteiger partial charge >= 0.3 is 0 Å². The van der Waals surface area contributed by atoms with Gasteiger partial charge in [0.05, 0.1) is 18.6 Å². The lowest BCUT2D eigenvalue weighted by atomic mass is 10.2. The van der Waals surface area contributed by atoms with Gasteiger partial charge in [0, 0.05) is 32.7 Å². The van der Waals surface area contributed by atoms with Crippen molar-refractivity contribution in [1.82, 2.24) is 14.1 Å². The Morgan fingerprint density at radius 2 is 1.72 bits per heavy atom. The number of sulfonamides is 1. The first-order valence-corrected chi connectivity index (χ1v) is 11.8. The summed E-state index contributed by atoms with van der Waals surface area (Å²) in [7, 11) is -2.33. The second-order valence-electron chi connectivity index (χ2n) is 7.51. The molecule has 0 unspecified atom stereocenters. The molecule has 174 valence electrons. The topological polar surface area (TPSA) is 70.2 Å². The number of carbonyl (C=O) groups is 1. The van der Waals surface area contributed by atoms with Crippen LogP contribution in [0.25, 0.3) is 0 Å². The van der Waals surface area contributed by atoms with Crippen molar-refractivity contribution in [3.05, 3.63) is 59.7 Å². The summed E-state index contributed by atoms with van der Waals surface area (Å²) >= 11 is 0. The number of nitrogens with zero attached hydrogens (tertiary/aromatic N) is 3. The predicted octanol–water partition coefficient (Wildman–Crippen LogP) is 2.33. The number of halogens is 2. The molecule has 1 aliphatic heterocycles. The number of amides is 1. The lowest BCUT2D eigenvalue weighted by molar-refractivity contribution is -0.133. The number of benzene rings is 2. The maximum absolute atomic E-state index is 13.9. The van der Waals surface area contributed by atoms with Gasteiger partial charge in [0.2, 0.25) is 15.9 Å². The molecule has 0 aromatic heterocycles. The number of hydrogen-bond acceptors (Lipinski definition) is 5. The molecule has 0 spiro atoms. The van der Waals surface area contributed by atoms with Gasteiger partial charge in [-0.15, -0.1) is 0 Å². The lowest BCUT2D eigenvalue weighted by Crippen LogP contribution is -2.52. The molecule has 1 aliphatic rings. The molecule has 0 atom stereocenters. The Balaban J connectivity index is 1.56. The minimum atomic E-state index is -3.73. The Hall–Kier alpha value is -2.56. The summed E-state index contributed by atoms with van der Waals surface area (Å²) in [6, 6.07) is 9.41. The van der Waals surface area contributed by atoms with Gasteiger partial charge in [-0.2, -0.15) is 4.31 Å². The van der Waals surface area contributed by atoms with E-state index in [1.165, 1.54) is 29.6 Å². The molecule has 0 saturated carbocycles. The van der Waals surface area contributed by atoms with Crippen molar-refractivity contribution in [2.45, 2.75) is 18.4 Å². The van der Waals surface area contributed by atoms with Crippen molar-refractivity contribution >= 4 is 15.9 Å². The molecule has 3 rings (SSSR count). The third kappa shape index (κ3) is 5.62. The van der Waals surface area contributed by atoms with E-state index in [-0.39, 0.29) is 49.3 Å². The van der Waals surface area contributed by atoms with E-state index in [1.54, 1.807) is 17.0 Å². The highest BCUT2D eigenvalue weighted by molar-refractivity contribution is 7.89. The summed E-state index contributed by atoms with van der Waals surface area (Å²) < 4.78 is 58.7. The van der Waals surface area contributed by atoms with Crippen molar-refractivity contribution < 1.29 is 26.7 Å². The van der Waals surface area contributed by atoms with Gasteiger partial charge in [0.15, 0.2) is 11.6 Å². The van der Waals surface area contributed by atoms with Crippen LogP contribution in [-0.2, 0) is 21.4 Å². The highest BCUT2D eigenvalue weighted by Crippen LogP contribution is 2.20. The van der Waals surface area contributed by atoms with E-state index in [1.807, 2.05) is 11.8 Å². The number of methoxy groups -OCH3 is 1. The molecular formula is C22H27F2N3O4S. The van der Waals surface area contributed by atoms with Crippen LogP contribution in [0.15, 0.2) is 47.4 Å². The van der Waals surface area contributed by atoms with Crippen LogP contribution in [0, 0.1) is 11.6 Å². The van der Waals surface area contributed by atoms with Crippen LogP contribution in [0.2, 0.25) is 0 Å². The highest BCUT2D eigenvalue weighted by Gasteiger charge is 2.30. The standard InChI is InChI=1S/C22H27F2N3O4S/c1-3-25(15-17-4-9-21(31-2)20(24)14-17)16-22(28)26-10-12-27(13-11-26)32(29,30)19-7-5-18(23)6-8-19/h4-9,14H,3,10-13,15-16H2,1-2H3. The predicted molar refractivity (Wildman–Crippen MR) is 116 cm³/mol. The fourth-order valence-electron chi connectivity index (χ4n) is 3.57. The number of carbonyl (C=O) groups excluding carboxylic acids is 1. The highest BCUT2D eigenvalue weighted by atomic mass is 32.2. The average Bonchev–Trinajstić information content (AvgIpc) is 2.79. The van der Waals surface area contributed by atoms with Crippen LogP contribution in [0.5, 0.6) is 5.75 Å². The molecule has 0 aliphatic carbocycles. The summed E-state index contributed by atoms with van der Waals surface area (Å²) in [5.74, 6) is -0.899. The minimum absolute atomic E-state index is 0.0301. The van der Waals surface area contributed by atoms with E-state index in [4.69, 9.17) is 4.74 Å².